The van der Waals surface area contributed by atoms with Gasteiger partial charge in [-0.1, -0.05) is 6.07 Å². The maximum atomic E-state index is 14.1. The van der Waals surface area contributed by atoms with E-state index in [0.717, 1.165) is 18.4 Å². The van der Waals surface area contributed by atoms with Crippen LogP contribution in [0.4, 0.5) is 14.6 Å². The van der Waals surface area contributed by atoms with Crippen molar-refractivity contribution in [1.29, 1.82) is 5.26 Å². The second-order valence-electron chi connectivity index (χ2n) is 6.43. The molecule has 0 spiro atoms. The van der Waals surface area contributed by atoms with Crippen molar-refractivity contribution in [3.8, 4) is 6.07 Å². The van der Waals surface area contributed by atoms with Crippen molar-refractivity contribution in [3.05, 3.63) is 57.7 Å². The molecule has 1 N–H and O–H groups in total. The van der Waals surface area contributed by atoms with Gasteiger partial charge in [0.05, 0.1) is 16.6 Å². The maximum absolute atomic E-state index is 14.1. The Hall–Kier alpha value is -2.04. The first-order valence-corrected chi connectivity index (χ1v) is 9.19. The van der Waals surface area contributed by atoms with Crippen molar-refractivity contribution in [2.45, 2.75) is 18.8 Å². The number of nitriles is 1. The molecule has 1 aromatic heterocycles. The molecule has 1 saturated heterocycles. The summed E-state index contributed by atoms with van der Waals surface area (Å²) >= 11 is 3.14. The molecule has 2 aromatic rings. The number of piperidine rings is 1. The number of halogens is 3. The van der Waals surface area contributed by atoms with Crippen LogP contribution >= 0.6 is 15.9 Å². The molecule has 3 rings (SSSR count). The minimum atomic E-state index is -0.504. The first-order valence-electron chi connectivity index (χ1n) is 8.40. The summed E-state index contributed by atoms with van der Waals surface area (Å²) in [6.45, 7) is 1.13. The lowest BCUT2D eigenvalue weighted by molar-refractivity contribution is 0.206. The summed E-state index contributed by atoms with van der Waals surface area (Å²) in [7, 11) is 0. The number of rotatable bonds is 4. The molecule has 0 amide bonds. The number of hydrogen-bond acceptors (Lipinski definition) is 4. The van der Waals surface area contributed by atoms with E-state index in [-0.39, 0.29) is 35.6 Å². The molecule has 1 aliphatic rings. The Bertz CT molecular complexity index is 832. The van der Waals surface area contributed by atoms with Crippen LogP contribution < -0.4 is 4.90 Å². The van der Waals surface area contributed by atoms with Gasteiger partial charge in [-0.25, -0.2) is 13.8 Å². The van der Waals surface area contributed by atoms with Gasteiger partial charge in [0, 0.05) is 25.2 Å². The molecule has 1 aromatic carbocycles. The monoisotopic (exact) mass is 421 g/mol. The van der Waals surface area contributed by atoms with E-state index in [0.29, 0.717) is 17.6 Å². The van der Waals surface area contributed by atoms with Gasteiger partial charge >= 0.3 is 0 Å². The number of aliphatic hydroxyl groups is 1. The Morgan fingerprint density at radius 2 is 2.00 bits per heavy atom. The van der Waals surface area contributed by atoms with Gasteiger partial charge in [-0.3, -0.25) is 0 Å². The van der Waals surface area contributed by atoms with Gasteiger partial charge in [0.25, 0.3) is 0 Å². The molecule has 0 radical (unpaired) electrons. The Morgan fingerprint density at radius 3 is 2.58 bits per heavy atom. The van der Waals surface area contributed by atoms with Crippen molar-refractivity contribution < 1.29 is 13.9 Å². The normalized spacial score (nSPS) is 16.3. The van der Waals surface area contributed by atoms with E-state index in [1.807, 2.05) is 17.0 Å². The van der Waals surface area contributed by atoms with E-state index >= 15 is 0 Å². The second-order valence-corrected chi connectivity index (χ2v) is 7.28. The van der Waals surface area contributed by atoms with Crippen LogP contribution in [0, 0.1) is 28.9 Å². The summed E-state index contributed by atoms with van der Waals surface area (Å²) in [5, 5.41) is 18.6. The molecule has 136 valence electrons. The van der Waals surface area contributed by atoms with Gasteiger partial charge in [-0.15, -0.1) is 0 Å². The highest BCUT2D eigenvalue weighted by Gasteiger charge is 2.29. The second kappa shape index (κ2) is 8.11. The molecule has 7 heteroatoms. The molecule has 1 aliphatic heterocycles. The number of aromatic nitrogens is 1. The smallest absolute Gasteiger partial charge is 0.166 e. The van der Waals surface area contributed by atoms with Crippen molar-refractivity contribution in [1.82, 2.24) is 4.98 Å². The number of anilines is 1. The van der Waals surface area contributed by atoms with Crippen LogP contribution in [-0.2, 0) is 0 Å². The van der Waals surface area contributed by atoms with Gasteiger partial charge in [0.1, 0.15) is 11.9 Å². The van der Waals surface area contributed by atoms with Gasteiger partial charge in [0.2, 0.25) is 0 Å². The SMILES string of the molecule is N#Cc1cnc(N2CCC(C(CO)c3ccc(Br)c(F)c3)CC2)c(F)c1. The molecule has 1 unspecified atom stereocenters. The highest BCUT2D eigenvalue weighted by Crippen LogP contribution is 2.35. The van der Waals surface area contributed by atoms with E-state index in [9.17, 15) is 13.9 Å². The third-order valence-electron chi connectivity index (χ3n) is 4.93. The van der Waals surface area contributed by atoms with Crippen molar-refractivity contribution in [3.63, 3.8) is 0 Å². The van der Waals surface area contributed by atoms with Gasteiger partial charge in [-0.2, -0.15) is 5.26 Å². The van der Waals surface area contributed by atoms with Gasteiger partial charge < -0.3 is 10.0 Å². The van der Waals surface area contributed by atoms with Gasteiger partial charge in [0.15, 0.2) is 11.6 Å². The lowest BCUT2D eigenvalue weighted by atomic mass is 9.80. The van der Waals surface area contributed by atoms with E-state index in [1.165, 1.54) is 18.3 Å². The van der Waals surface area contributed by atoms with Crippen LogP contribution in [0.1, 0.15) is 29.9 Å². The Labute approximate surface area is 159 Å². The average Bonchev–Trinajstić information content (AvgIpc) is 2.66. The zero-order valence-electron chi connectivity index (χ0n) is 14.0. The van der Waals surface area contributed by atoms with E-state index < -0.39 is 5.82 Å². The van der Waals surface area contributed by atoms with Gasteiger partial charge in [-0.05, 0) is 58.5 Å². The van der Waals surface area contributed by atoms with Crippen molar-refractivity contribution in [2.24, 2.45) is 5.92 Å². The number of hydrogen-bond donors (Lipinski definition) is 1. The fraction of sp³-hybridized carbons (Fsp3) is 0.368. The largest absolute Gasteiger partial charge is 0.396 e. The maximum Gasteiger partial charge on any atom is 0.166 e. The lowest BCUT2D eigenvalue weighted by Gasteiger charge is -2.36. The molecular weight excluding hydrogens is 404 g/mol. The molecule has 26 heavy (non-hydrogen) atoms. The van der Waals surface area contributed by atoms with Crippen LogP contribution in [0.15, 0.2) is 34.9 Å². The average molecular weight is 422 g/mol. The number of nitrogens with zero attached hydrogens (tertiary/aromatic N) is 3. The number of benzene rings is 1. The highest BCUT2D eigenvalue weighted by molar-refractivity contribution is 9.10. The molecular formula is C19H18BrF2N3O. The third kappa shape index (κ3) is 3.87. The van der Waals surface area contributed by atoms with Crippen LogP contribution in [0.5, 0.6) is 0 Å². The molecule has 2 heterocycles. The molecule has 4 nitrogen and oxygen atoms in total. The van der Waals surface area contributed by atoms with Crippen LogP contribution in [0.2, 0.25) is 0 Å². The topological polar surface area (TPSA) is 60.2 Å². The van der Waals surface area contributed by atoms with E-state index in [4.69, 9.17) is 5.26 Å². The predicted molar refractivity (Wildman–Crippen MR) is 97.8 cm³/mol. The molecule has 1 atom stereocenters. The number of pyridine rings is 1. The predicted octanol–water partition coefficient (Wildman–Crippen LogP) is 3.99. The van der Waals surface area contributed by atoms with E-state index in [1.54, 1.807) is 6.07 Å². The zero-order chi connectivity index (χ0) is 18.7. The fourth-order valence-corrected chi connectivity index (χ4v) is 3.75. The Balaban J connectivity index is 1.70. The number of aliphatic hydroxyl groups excluding tert-OH is 1. The lowest BCUT2D eigenvalue weighted by Crippen LogP contribution is -2.37. The minimum Gasteiger partial charge on any atom is -0.396 e. The molecule has 0 aliphatic carbocycles. The third-order valence-corrected chi connectivity index (χ3v) is 5.57. The molecule has 0 bridgehead atoms. The minimum absolute atomic E-state index is 0.0603. The van der Waals surface area contributed by atoms with Crippen LogP contribution in [0.3, 0.4) is 0 Å². The quantitative estimate of drug-likeness (QED) is 0.810. The molecule has 1 fully saturated rings. The van der Waals surface area contributed by atoms with Crippen LogP contribution in [0.25, 0.3) is 0 Å². The first-order chi connectivity index (χ1) is 12.5. The van der Waals surface area contributed by atoms with E-state index in [2.05, 4.69) is 20.9 Å². The first kappa shape index (κ1) is 18.7. The van der Waals surface area contributed by atoms with Crippen molar-refractivity contribution in [2.75, 3.05) is 24.6 Å². The highest BCUT2D eigenvalue weighted by atomic mass is 79.9. The summed E-state index contributed by atoms with van der Waals surface area (Å²) in [6.07, 6.45) is 2.85. The summed E-state index contributed by atoms with van der Waals surface area (Å²) < 4.78 is 28.4. The summed E-state index contributed by atoms with van der Waals surface area (Å²) in [5.41, 5.74) is 0.966. The zero-order valence-corrected chi connectivity index (χ0v) is 15.6. The standard InChI is InChI=1S/C19H18BrF2N3O/c20-16-2-1-14(8-17(16)21)15(11-26)13-3-5-25(6-4-13)19-18(22)7-12(9-23)10-24-19/h1-2,7-8,10,13,15,26H,3-6,11H2. The van der Waals surface area contributed by atoms with Crippen LogP contribution in [-0.4, -0.2) is 29.8 Å². The fourth-order valence-electron chi connectivity index (χ4n) is 3.51. The Kier molecular flexibility index (Phi) is 5.84. The summed E-state index contributed by atoms with van der Waals surface area (Å²) in [4.78, 5) is 5.92. The Morgan fingerprint density at radius 1 is 1.27 bits per heavy atom. The van der Waals surface area contributed by atoms with Crippen molar-refractivity contribution >= 4 is 21.7 Å². The molecule has 0 saturated carbocycles. The summed E-state index contributed by atoms with van der Waals surface area (Å²) in [6, 6.07) is 7.99. The summed E-state index contributed by atoms with van der Waals surface area (Å²) in [5.74, 6) is -0.576.